The van der Waals surface area contributed by atoms with Gasteiger partial charge in [-0.1, -0.05) is 0 Å². The number of amides is 1. The van der Waals surface area contributed by atoms with E-state index in [-0.39, 0.29) is 5.91 Å². The molecular weight excluding hydrogens is 254 g/mol. The fourth-order valence-electron chi connectivity index (χ4n) is 2.89. The van der Waals surface area contributed by atoms with E-state index in [1.165, 1.54) is 0 Å². The molecule has 1 amide bonds. The first-order valence-electron chi connectivity index (χ1n) is 6.91. The molecule has 1 aromatic heterocycles. The number of pyridine rings is 1. The van der Waals surface area contributed by atoms with Gasteiger partial charge in [0.15, 0.2) is 0 Å². The molecule has 0 spiro atoms. The van der Waals surface area contributed by atoms with Gasteiger partial charge in [0.25, 0.3) is 5.91 Å². The van der Waals surface area contributed by atoms with E-state index in [1.807, 2.05) is 32.8 Å². The van der Waals surface area contributed by atoms with Gasteiger partial charge in [0.2, 0.25) is 0 Å². The number of carbonyl (C=O) groups excluding carboxylic acids is 1. The maximum atomic E-state index is 12.5. The Kier molecular flexibility index (Phi) is 4.11. The van der Waals surface area contributed by atoms with Crippen molar-refractivity contribution in [1.29, 1.82) is 0 Å². The largest absolute Gasteiger partial charge is 0.387 e. The monoisotopic (exact) mass is 277 g/mol. The lowest BCUT2D eigenvalue weighted by Crippen LogP contribution is -2.43. The molecule has 0 saturated carbocycles. The molecule has 110 valence electrons. The predicted octanol–water partition coefficient (Wildman–Crippen LogP) is 0.837. The zero-order valence-electron chi connectivity index (χ0n) is 12.7. The molecule has 2 rings (SSSR count). The molecule has 1 N–H and O–H groups in total. The molecule has 1 aliphatic rings. The number of aromatic nitrogens is 1. The number of β-amino-alcohol motifs (C(OH)–C–C–N with tert-alkyl or cyclic N) is 1. The molecule has 0 aliphatic carbocycles. The van der Waals surface area contributed by atoms with E-state index < -0.39 is 5.60 Å². The summed E-state index contributed by atoms with van der Waals surface area (Å²) in [4.78, 5) is 20.5. The highest BCUT2D eigenvalue weighted by atomic mass is 16.3. The van der Waals surface area contributed by atoms with Crippen LogP contribution in [0.5, 0.6) is 0 Å². The average molecular weight is 277 g/mol. The summed E-state index contributed by atoms with van der Waals surface area (Å²) >= 11 is 0. The Labute approximate surface area is 120 Å². The van der Waals surface area contributed by atoms with Crippen LogP contribution in [0.3, 0.4) is 0 Å². The van der Waals surface area contributed by atoms with E-state index in [1.54, 1.807) is 17.0 Å². The van der Waals surface area contributed by atoms with Crippen molar-refractivity contribution in [3.05, 3.63) is 29.1 Å². The quantitative estimate of drug-likeness (QED) is 0.889. The van der Waals surface area contributed by atoms with Crippen LogP contribution in [0.2, 0.25) is 0 Å². The minimum absolute atomic E-state index is 0.0201. The molecule has 1 saturated heterocycles. The lowest BCUT2D eigenvalue weighted by molar-refractivity contribution is 0.0236. The minimum atomic E-state index is -0.795. The summed E-state index contributed by atoms with van der Waals surface area (Å²) in [6.07, 6.45) is 0.625. The van der Waals surface area contributed by atoms with Crippen LogP contribution < -0.4 is 0 Å². The summed E-state index contributed by atoms with van der Waals surface area (Å²) in [5.74, 6) is -0.0201. The molecule has 20 heavy (non-hydrogen) atoms. The molecule has 0 aromatic carbocycles. The highest BCUT2D eigenvalue weighted by Gasteiger charge is 2.38. The van der Waals surface area contributed by atoms with Crippen LogP contribution in [0.1, 0.15) is 28.2 Å². The Morgan fingerprint density at radius 2 is 2.00 bits per heavy atom. The summed E-state index contributed by atoms with van der Waals surface area (Å²) < 4.78 is 0. The van der Waals surface area contributed by atoms with E-state index in [9.17, 15) is 9.90 Å². The zero-order chi connectivity index (χ0) is 14.9. The smallest absolute Gasteiger partial charge is 0.254 e. The van der Waals surface area contributed by atoms with Crippen LogP contribution in [0.15, 0.2) is 12.1 Å². The number of aliphatic hydroxyl groups is 1. The Hall–Kier alpha value is -1.46. The Balaban J connectivity index is 2.11. The van der Waals surface area contributed by atoms with Gasteiger partial charge in [0.1, 0.15) is 0 Å². The van der Waals surface area contributed by atoms with Crippen molar-refractivity contribution in [2.45, 2.75) is 25.9 Å². The topological polar surface area (TPSA) is 56.7 Å². The number of aryl methyl sites for hydroxylation is 2. The van der Waals surface area contributed by atoms with Gasteiger partial charge in [-0.2, -0.15) is 0 Å². The van der Waals surface area contributed by atoms with Crippen LogP contribution in [0.25, 0.3) is 0 Å². The highest BCUT2D eigenvalue weighted by molar-refractivity contribution is 5.94. The maximum Gasteiger partial charge on any atom is 0.254 e. The van der Waals surface area contributed by atoms with Gasteiger partial charge in [0.05, 0.1) is 12.1 Å². The first-order valence-corrected chi connectivity index (χ1v) is 6.91. The van der Waals surface area contributed by atoms with Crippen molar-refractivity contribution in [3.8, 4) is 0 Å². The number of likely N-dealkylation sites (tertiary alicyclic amines) is 1. The standard InChI is InChI=1S/C15H23N3O2/c1-11-7-13(8-12(2)16-11)14(19)18-6-5-15(20,10-18)9-17(3)4/h7-8,20H,5-6,9-10H2,1-4H3. The summed E-state index contributed by atoms with van der Waals surface area (Å²) in [5, 5.41) is 10.5. The van der Waals surface area contributed by atoms with Crippen LogP contribution in [0, 0.1) is 13.8 Å². The molecule has 2 heterocycles. The second kappa shape index (κ2) is 5.50. The maximum absolute atomic E-state index is 12.5. The van der Waals surface area contributed by atoms with Crippen LogP contribution in [-0.4, -0.2) is 65.1 Å². The minimum Gasteiger partial charge on any atom is -0.387 e. The van der Waals surface area contributed by atoms with Gasteiger partial charge in [-0.25, -0.2) is 0 Å². The summed E-state index contributed by atoms with van der Waals surface area (Å²) in [6.45, 7) is 5.34. The fourth-order valence-corrected chi connectivity index (χ4v) is 2.89. The van der Waals surface area contributed by atoms with E-state index in [4.69, 9.17) is 0 Å². The molecule has 1 aromatic rings. The Bertz CT molecular complexity index is 496. The lowest BCUT2D eigenvalue weighted by Gasteiger charge is -2.26. The average Bonchev–Trinajstić information content (AvgIpc) is 2.68. The number of hydrogen-bond acceptors (Lipinski definition) is 4. The number of hydrogen-bond donors (Lipinski definition) is 1. The van der Waals surface area contributed by atoms with Crippen molar-refractivity contribution in [2.24, 2.45) is 0 Å². The van der Waals surface area contributed by atoms with Crippen LogP contribution >= 0.6 is 0 Å². The Morgan fingerprint density at radius 3 is 2.55 bits per heavy atom. The van der Waals surface area contributed by atoms with Crippen molar-refractivity contribution in [3.63, 3.8) is 0 Å². The molecule has 5 nitrogen and oxygen atoms in total. The first-order chi connectivity index (χ1) is 9.29. The molecule has 0 radical (unpaired) electrons. The van der Waals surface area contributed by atoms with E-state index in [0.29, 0.717) is 31.6 Å². The third-order valence-electron chi connectivity index (χ3n) is 3.56. The fraction of sp³-hybridized carbons (Fsp3) is 0.600. The van der Waals surface area contributed by atoms with Gasteiger partial charge in [-0.15, -0.1) is 0 Å². The van der Waals surface area contributed by atoms with Crippen molar-refractivity contribution in [2.75, 3.05) is 33.7 Å². The third kappa shape index (κ3) is 3.35. The summed E-state index contributed by atoms with van der Waals surface area (Å²) in [5.41, 5.74) is 1.55. The van der Waals surface area contributed by atoms with E-state index in [0.717, 1.165) is 11.4 Å². The molecule has 0 bridgehead atoms. The number of carbonyl (C=O) groups is 1. The molecule has 5 heteroatoms. The van der Waals surface area contributed by atoms with Crippen molar-refractivity contribution < 1.29 is 9.90 Å². The number of nitrogens with zero attached hydrogens (tertiary/aromatic N) is 3. The van der Waals surface area contributed by atoms with Crippen LogP contribution in [-0.2, 0) is 0 Å². The summed E-state index contributed by atoms with van der Waals surface area (Å²) in [7, 11) is 3.86. The SMILES string of the molecule is Cc1cc(C(=O)N2CCC(O)(CN(C)C)C2)cc(C)n1. The predicted molar refractivity (Wildman–Crippen MR) is 77.7 cm³/mol. The molecule has 1 aliphatic heterocycles. The van der Waals surface area contributed by atoms with Gasteiger partial charge in [0, 0.05) is 30.0 Å². The van der Waals surface area contributed by atoms with Gasteiger partial charge >= 0.3 is 0 Å². The summed E-state index contributed by atoms with van der Waals surface area (Å²) in [6, 6.07) is 3.61. The van der Waals surface area contributed by atoms with Gasteiger partial charge in [-0.05, 0) is 46.5 Å². The third-order valence-corrected chi connectivity index (χ3v) is 3.56. The molecule has 1 fully saturated rings. The van der Waals surface area contributed by atoms with E-state index >= 15 is 0 Å². The van der Waals surface area contributed by atoms with Crippen molar-refractivity contribution in [1.82, 2.24) is 14.8 Å². The second-order valence-corrected chi connectivity index (χ2v) is 6.08. The molecular formula is C15H23N3O2. The number of rotatable bonds is 3. The molecule has 1 unspecified atom stereocenters. The first kappa shape index (κ1) is 14.9. The van der Waals surface area contributed by atoms with Gasteiger partial charge in [-0.3, -0.25) is 9.78 Å². The second-order valence-electron chi connectivity index (χ2n) is 6.08. The van der Waals surface area contributed by atoms with Gasteiger partial charge < -0.3 is 14.9 Å². The molecule has 1 atom stereocenters. The number of likely N-dealkylation sites (N-methyl/N-ethyl adjacent to an activating group) is 1. The van der Waals surface area contributed by atoms with Crippen molar-refractivity contribution >= 4 is 5.91 Å². The lowest BCUT2D eigenvalue weighted by atomic mass is 10.0. The highest BCUT2D eigenvalue weighted by Crippen LogP contribution is 2.23. The zero-order valence-corrected chi connectivity index (χ0v) is 12.7. The van der Waals surface area contributed by atoms with E-state index in [2.05, 4.69) is 4.98 Å². The van der Waals surface area contributed by atoms with Crippen LogP contribution in [0.4, 0.5) is 0 Å². The normalized spacial score (nSPS) is 22.6. The Morgan fingerprint density at radius 1 is 1.40 bits per heavy atom.